The van der Waals surface area contributed by atoms with E-state index in [-0.39, 0.29) is 30.1 Å². The third-order valence-electron chi connectivity index (χ3n) is 6.35. The Hall–Kier alpha value is -1.93. The lowest BCUT2D eigenvalue weighted by Gasteiger charge is -2.30. The number of rotatable bonds is 6. The molecule has 1 fully saturated rings. The van der Waals surface area contributed by atoms with E-state index in [1.807, 2.05) is 13.8 Å². The minimum absolute atomic E-state index is 0.00274. The largest absolute Gasteiger partial charge is 0.350 e. The zero-order chi connectivity index (χ0) is 23.3. The third kappa shape index (κ3) is 8.90. The second-order valence-corrected chi connectivity index (χ2v) is 9.02. The van der Waals surface area contributed by atoms with Crippen molar-refractivity contribution in [2.45, 2.75) is 90.4 Å². The van der Waals surface area contributed by atoms with Crippen molar-refractivity contribution in [1.29, 1.82) is 0 Å². The molecular formula is C24H41N3O5. The van der Waals surface area contributed by atoms with Gasteiger partial charge >= 0.3 is 0 Å². The van der Waals surface area contributed by atoms with Crippen LogP contribution in [0.3, 0.4) is 0 Å². The Morgan fingerprint density at radius 1 is 1.22 bits per heavy atom. The second-order valence-electron chi connectivity index (χ2n) is 9.02. The number of hydrogen-bond donors (Lipinski definition) is 2. The average Bonchev–Trinajstić information content (AvgIpc) is 2.80. The molecule has 2 aliphatic heterocycles. The number of nitrogens with one attached hydrogen (secondary N) is 2. The molecule has 32 heavy (non-hydrogen) atoms. The highest BCUT2D eigenvalue weighted by Crippen LogP contribution is 2.18. The van der Waals surface area contributed by atoms with Crippen LogP contribution in [0.15, 0.2) is 12.2 Å². The van der Waals surface area contributed by atoms with Gasteiger partial charge < -0.3 is 15.0 Å². The van der Waals surface area contributed by atoms with Gasteiger partial charge in [0.05, 0.1) is 0 Å². The van der Waals surface area contributed by atoms with Crippen molar-refractivity contribution in [3.05, 3.63) is 12.2 Å². The van der Waals surface area contributed by atoms with Crippen molar-refractivity contribution < 1.29 is 24.0 Å². The number of carbonyl (C=O) groups excluding carboxylic acids is 3. The average molecular weight is 452 g/mol. The van der Waals surface area contributed by atoms with E-state index in [9.17, 15) is 14.4 Å². The number of hydroxylamine groups is 1. The van der Waals surface area contributed by atoms with Crippen molar-refractivity contribution in [3.8, 4) is 0 Å². The van der Waals surface area contributed by atoms with Crippen LogP contribution in [-0.2, 0) is 24.0 Å². The number of nitrogens with zero attached hydrogens (tertiary/aromatic N) is 1. The molecule has 0 saturated carbocycles. The van der Waals surface area contributed by atoms with E-state index >= 15 is 0 Å². The molecule has 3 amide bonds. The summed E-state index contributed by atoms with van der Waals surface area (Å²) in [5, 5.41) is 2.97. The fourth-order valence-electron chi connectivity index (χ4n) is 3.99. The normalized spacial score (nSPS) is 28.3. The molecule has 1 saturated heterocycles. The molecule has 0 aliphatic carbocycles. The maximum atomic E-state index is 13.2. The summed E-state index contributed by atoms with van der Waals surface area (Å²) in [5.74, 6) is -1.19. The van der Waals surface area contributed by atoms with Gasteiger partial charge in [-0.3, -0.25) is 14.4 Å². The first-order valence-corrected chi connectivity index (χ1v) is 12.2. The number of carbonyl (C=O) groups is 3. The zero-order valence-electron chi connectivity index (χ0n) is 19.9. The number of likely N-dealkylation sites (N-methyl/N-ethyl adjacent to an activating group) is 1. The SMILES string of the molecule is CC[C@@H](C)[C@@H]1NC(=O)[C@@H](CC(=O)NOC2CCCCO2)CCC/C=C/CCCN(C)C1=O. The zero-order valence-corrected chi connectivity index (χ0v) is 19.9. The molecule has 0 aromatic rings. The van der Waals surface area contributed by atoms with Gasteiger partial charge in [-0.1, -0.05) is 32.4 Å². The molecule has 2 aliphatic rings. The summed E-state index contributed by atoms with van der Waals surface area (Å²) < 4.78 is 5.46. The van der Waals surface area contributed by atoms with Gasteiger partial charge in [0, 0.05) is 39.0 Å². The van der Waals surface area contributed by atoms with Crippen LogP contribution in [0, 0.1) is 11.8 Å². The van der Waals surface area contributed by atoms with Gasteiger partial charge in [-0.25, -0.2) is 10.3 Å². The van der Waals surface area contributed by atoms with Crippen LogP contribution >= 0.6 is 0 Å². The Bertz CT molecular complexity index is 633. The summed E-state index contributed by atoms with van der Waals surface area (Å²) in [6.45, 7) is 5.26. The molecule has 0 spiro atoms. The maximum absolute atomic E-state index is 13.2. The molecule has 8 nitrogen and oxygen atoms in total. The van der Waals surface area contributed by atoms with E-state index in [2.05, 4.69) is 22.9 Å². The van der Waals surface area contributed by atoms with Crippen molar-refractivity contribution in [3.63, 3.8) is 0 Å². The Morgan fingerprint density at radius 2 is 1.97 bits per heavy atom. The Morgan fingerprint density at radius 3 is 2.66 bits per heavy atom. The van der Waals surface area contributed by atoms with Crippen LogP contribution in [0.5, 0.6) is 0 Å². The highest BCUT2D eigenvalue weighted by Gasteiger charge is 2.31. The van der Waals surface area contributed by atoms with Crippen LogP contribution in [0.2, 0.25) is 0 Å². The summed E-state index contributed by atoms with van der Waals surface area (Å²) in [6, 6.07) is -0.589. The molecule has 1 unspecified atom stereocenters. The Labute approximate surface area is 192 Å². The first kappa shape index (κ1) is 26.3. The second kappa shape index (κ2) is 14.3. The van der Waals surface area contributed by atoms with Gasteiger partial charge in [0.1, 0.15) is 6.04 Å². The van der Waals surface area contributed by atoms with Gasteiger partial charge in [0.2, 0.25) is 17.7 Å². The number of amides is 3. The summed E-state index contributed by atoms with van der Waals surface area (Å²) in [4.78, 5) is 45.8. The lowest BCUT2D eigenvalue weighted by Crippen LogP contribution is -2.52. The van der Waals surface area contributed by atoms with Gasteiger partial charge in [-0.05, 0) is 50.9 Å². The van der Waals surface area contributed by atoms with Gasteiger partial charge in [0.25, 0.3) is 0 Å². The van der Waals surface area contributed by atoms with Gasteiger partial charge in [-0.15, -0.1) is 0 Å². The predicted octanol–water partition coefficient (Wildman–Crippen LogP) is 3.08. The summed E-state index contributed by atoms with van der Waals surface area (Å²) in [6.07, 6.45) is 11.4. The highest BCUT2D eigenvalue weighted by molar-refractivity contribution is 5.90. The highest BCUT2D eigenvalue weighted by atomic mass is 16.8. The van der Waals surface area contributed by atoms with Crippen LogP contribution in [0.25, 0.3) is 0 Å². The molecule has 8 heteroatoms. The quantitative estimate of drug-likeness (QED) is 0.478. The molecule has 0 bridgehead atoms. The van der Waals surface area contributed by atoms with E-state index in [4.69, 9.17) is 9.57 Å². The van der Waals surface area contributed by atoms with Crippen LogP contribution in [-0.4, -0.2) is 55.2 Å². The van der Waals surface area contributed by atoms with E-state index in [1.54, 1.807) is 11.9 Å². The van der Waals surface area contributed by atoms with Crippen molar-refractivity contribution >= 4 is 17.7 Å². The standard InChI is InChI=1S/C24H41N3O5/c1-4-18(2)22-24(30)27(3)15-11-8-6-5-7-9-13-19(23(29)25-22)17-20(28)26-32-21-14-10-12-16-31-21/h5-6,18-19,21-22H,4,7-17H2,1-3H3,(H,25,29)(H,26,28)/b6-5+/t18-,19-,21?,22+/m1/s1. The van der Waals surface area contributed by atoms with Crippen LogP contribution in [0.1, 0.15) is 78.1 Å². The third-order valence-corrected chi connectivity index (χ3v) is 6.35. The molecular weight excluding hydrogens is 410 g/mol. The molecule has 0 aromatic carbocycles. The fourth-order valence-corrected chi connectivity index (χ4v) is 3.99. The summed E-state index contributed by atoms with van der Waals surface area (Å²) in [7, 11) is 1.79. The lowest BCUT2D eigenvalue weighted by atomic mass is 9.93. The fraction of sp³-hybridized carbons (Fsp3) is 0.792. The summed E-state index contributed by atoms with van der Waals surface area (Å²) in [5.41, 5.74) is 2.45. The molecule has 4 atom stereocenters. The van der Waals surface area contributed by atoms with Gasteiger partial charge in [-0.2, -0.15) is 0 Å². The molecule has 182 valence electrons. The Balaban J connectivity index is 2.05. The topological polar surface area (TPSA) is 97.0 Å². The number of ether oxygens (including phenoxy) is 1. The lowest BCUT2D eigenvalue weighted by molar-refractivity contribution is -0.200. The molecule has 0 aromatic heterocycles. The molecule has 2 heterocycles. The van der Waals surface area contributed by atoms with E-state index < -0.39 is 18.2 Å². The van der Waals surface area contributed by atoms with Gasteiger partial charge in [0.15, 0.2) is 6.29 Å². The Kier molecular flexibility index (Phi) is 11.7. The minimum Gasteiger partial charge on any atom is -0.350 e. The number of hydrogen-bond acceptors (Lipinski definition) is 5. The van der Waals surface area contributed by atoms with E-state index in [0.717, 1.165) is 51.4 Å². The van der Waals surface area contributed by atoms with Crippen molar-refractivity contribution in [2.75, 3.05) is 20.2 Å². The molecule has 2 rings (SSSR count). The van der Waals surface area contributed by atoms with Crippen LogP contribution in [0.4, 0.5) is 0 Å². The molecule has 0 radical (unpaired) electrons. The van der Waals surface area contributed by atoms with Crippen LogP contribution < -0.4 is 10.8 Å². The number of allylic oxidation sites excluding steroid dienone is 2. The summed E-state index contributed by atoms with van der Waals surface area (Å²) >= 11 is 0. The van der Waals surface area contributed by atoms with E-state index in [0.29, 0.717) is 19.6 Å². The minimum atomic E-state index is -0.589. The predicted molar refractivity (Wildman–Crippen MR) is 122 cm³/mol. The smallest absolute Gasteiger partial charge is 0.245 e. The van der Waals surface area contributed by atoms with Crippen molar-refractivity contribution in [1.82, 2.24) is 15.7 Å². The molecule has 2 N–H and O–H groups in total. The monoisotopic (exact) mass is 451 g/mol. The first-order chi connectivity index (χ1) is 15.4. The first-order valence-electron chi connectivity index (χ1n) is 12.2. The van der Waals surface area contributed by atoms with E-state index in [1.165, 1.54) is 0 Å². The van der Waals surface area contributed by atoms with Crippen molar-refractivity contribution in [2.24, 2.45) is 11.8 Å². The maximum Gasteiger partial charge on any atom is 0.245 e.